The molecule has 2 saturated carbocycles. The molecule has 2 atom stereocenters. The molecule has 18 heavy (non-hydrogen) atoms. The van der Waals surface area contributed by atoms with Gasteiger partial charge in [-0.1, -0.05) is 12.8 Å². The van der Waals surface area contributed by atoms with Crippen molar-refractivity contribution in [3.63, 3.8) is 0 Å². The van der Waals surface area contributed by atoms with Crippen LogP contribution in [0.15, 0.2) is 22.8 Å². The van der Waals surface area contributed by atoms with Crippen LogP contribution in [0.2, 0.25) is 0 Å². The normalized spacial score (nSPS) is 29.2. The van der Waals surface area contributed by atoms with E-state index in [-0.39, 0.29) is 29.9 Å². The molecule has 0 aromatic carbocycles. The molecule has 0 radical (unpaired) electrons. The molecule has 1 heterocycles. The SMILES string of the molecule is O=C(NC1(CO)CCCC1)C1CC1c1ccco1. The number of amides is 1. The van der Waals surface area contributed by atoms with Gasteiger partial charge in [0.15, 0.2) is 0 Å². The molecule has 4 heteroatoms. The molecule has 3 rings (SSSR count). The van der Waals surface area contributed by atoms with Crippen molar-refractivity contribution in [3.8, 4) is 0 Å². The van der Waals surface area contributed by atoms with E-state index < -0.39 is 0 Å². The summed E-state index contributed by atoms with van der Waals surface area (Å²) in [5, 5.41) is 12.5. The van der Waals surface area contributed by atoms with Crippen molar-refractivity contribution in [2.45, 2.75) is 43.6 Å². The third-order valence-corrected chi connectivity index (χ3v) is 4.29. The summed E-state index contributed by atoms with van der Waals surface area (Å²) in [5.74, 6) is 1.24. The van der Waals surface area contributed by atoms with Crippen LogP contribution < -0.4 is 5.32 Å². The van der Waals surface area contributed by atoms with Gasteiger partial charge in [-0.2, -0.15) is 0 Å². The number of hydrogen-bond donors (Lipinski definition) is 2. The molecule has 0 spiro atoms. The Bertz CT molecular complexity index is 420. The highest BCUT2D eigenvalue weighted by molar-refractivity contribution is 5.83. The second-order valence-electron chi connectivity index (χ2n) is 5.60. The zero-order valence-electron chi connectivity index (χ0n) is 10.4. The Balaban J connectivity index is 1.60. The smallest absolute Gasteiger partial charge is 0.224 e. The molecule has 1 amide bonds. The van der Waals surface area contributed by atoms with E-state index in [1.165, 1.54) is 0 Å². The number of nitrogens with one attached hydrogen (secondary N) is 1. The van der Waals surface area contributed by atoms with E-state index in [0.717, 1.165) is 37.9 Å². The first-order valence-corrected chi connectivity index (χ1v) is 6.70. The molecule has 0 saturated heterocycles. The molecule has 0 aliphatic heterocycles. The second kappa shape index (κ2) is 4.43. The van der Waals surface area contributed by atoms with Crippen LogP contribution in [-0.4, -0.2) is 23.2 Å². The van der Waals surface area contributed by atoms with Crippen LogP contribution in [-0.2, 0) is 4.79 Å². The molecular weight excluding hydrogens is 230 g/mol. The van der Waals surface area contributed by atoms with E-state index in [4.69, 9.17) is 4.42 Å². The lowest BCUT2D eigenvalue weighted by Gasteiger charge is -2.28. The molecule has 1 aromatic heterocycles. The van der Waals surface area contributed by atoms with Gasteiger partial charge in [-0.3, -0.25) is 4.79 Å². The van der Waals surface area contributed by atoms with Gasteiger partial charge in [0, 0.05) is 11.8 Å². The molecule has 2 aliphatic rings. The third kappa shape index (κ3) is 2.05. The van der Waals surface area contributed by atoms with Crippen molar-refractivity contribution in [1.82, 2.24) is 5.32 Å². The largest absolute Gasteiger partial charge is 0.469 e. The molecule has 4 nitrogen and oxygen atoms in total. The van der Waals surface area contributed by atoms with Crippen molar-refractivity contribution < 1.29 is 14.3 Å². The Kier molecular flexibility index (Phi) is 2.90. The molecule has 1 aromatic rings. The average molecular weight is 249 g/mol. The summed E-state index contributed by atoms with van der Waals surface area (Å²) >= 11 is 0. The lowest BCUT2D eigenvalue weighted by atomic mass is 9.98. The van der Waals surface area contributed by atoms with Gasteiger partial charge in [0.05, 0.1) is 18.4 Å². The first kappa shape index (κ1) is 11.8. The summed E-state index contributed by atoms with van der Waals surface area (Å²) in [6, 6.07) is 3.78. The zero-order chi connectivity index (χ0) is 12.6. The van der Waals surface area contributed by atoms with E-state index >= 15 is 0 Å². The van der Waals surface area contributed by atoms with Gasteiger partial charge in [-0.25, -0.2) is 0 Å². The van der Waals surface area contributed by atoms with Crippen molar-refractivity contribution in [3.05, 3.63) is 24.2 Å². The topological polar surface area (TPSA) is 62.5 Å². The van der Waals surface area contributed by atoms with Crippen LogP contribution in [0.4, 0.5) is 0 Å². The Labute approximate surface area is 106 Å². The van der Waals surface area contributed by atoms with Crippen LogP contribution in [0.1, 0.15) is 43.8 Å². The van der Waals surface area contributed by atoms with E-state index in [0.29, 0.717) is 0 Å². The lowest BCUT2D eigenvalue weighted by Crippen LogP contribution is -2.49. The molecule has 2 aliphatic carbocycles. The minimum atomic E-state index is -0.354. The van der Waals surface area contributed by atoms with Gasteiger partial charge in [0.1, 0.15) is 5.76 Å². The van der Waals surface area contributed by atoms with Crippen molar-refractivity contribution in [1.29, 1.82) is 0 Å². The van der Waals surface area contributed by atoms with Crippen molar-refractivity contribution in [2.75, 3.05) is 6.61 Å². The number of carbonyl (C=O) groups excluding carboxylic acids is 1. The predicted molar refractivity (Wildman–Crippen MR) is 66.0 cm³/mol. The Hall–Kier alpha value is -1.29. The van der Waals surface area contributed by atoms with E-state index in [9.17, 15) is 9.90 Å². The van der Waals surface area contributed by atoms with Crippen LogP contribution in [0, 0.1) is 5.92 Å². The maximum absolute atomic E-state index is 12.2. The van der Waals surface area contributed by atoms with Crippen molar-refractivity contribution in [2.24, 2.45) is 5.92 Å². The highest BCUT2D eigenvalue weighted by Gasteiger charge is 2.48. The zero-order valence-corrected chi connectivity index (χ0v) is 10.4. The Morgan fingerprint density at radius 2 is 2.28 bits per heavy atom. The number of hydrogen-bond acceptors (Lipinski definition) is 3. The minimum Gasteiger partial charge on any atom is -0.469 e. The Morgan fingerprint density at radius 1 is 1.50 bits per heavy atom. The van der Waals surface area contributed by atoms with Crippen LogP contribution in [0.3, 0.4) is 0 Å². The van der Waals surface area contributed by atoms with Crippen LogP contribution in [0.5, 0.6) is 0 Å². The highest BCUT2D eigenvalue weighted by Crippen LogP contribution is 2.48. The number of aliphatic hydroxyl groups excluding tert-OH is 1. The number of rotatable bonds is 4. The number of carbonyl (C=O) groups is 1. The summed E-state index contributed by atoms with van der Waals surface area (Å²) in [7, 11) is 0. The van der Waals surface area contributed by atoms with E-state index in [2.05, 4.69) is 5.32 Å². The first-order chi connectivity index (χ1) is 8.74. The fraction of sp³-hybridized carbons (Fsp3) is 0.643. The number of furan rings is 1. The molecule has 2 fully saturated rings. The average Bonchev–Trinajstić information content (AvgIpc) is 2.82. The fourth-order valence-corrected chi connectivity index (χ4v) is 3.03. The molecule has 98 valence electrons. The Morgan fingerprint density at radius 3 is 2.89 bits per heavy atom. The van der Waals surface area contributed by atoms with Gasteiger partial charge < -0.3 is 14.8 Å². The van der Waals surface area contributed by atoms with Gasteiger partial charge >= 0.3 is 0 Å². The summed E-state index contributed by atoms with van der Waals surface area (Å²) in [6.07, 6.45) is 6.48. The van der Waals surface area contributed by atoms with Gasteiger partial charge in [-0.05, 0) is 31.4 Å². The first-order valence-electron chi connectivity index (χ1n) is 6.70. The maximum atomic E-state index is 12.2. The van der Waals surface area contributed by atoms with Gasteiger partial charge in [0.2, 0.25) is 5.91 Å². The van der Waals surface area contributed by atoms with Crippen molar-refractivity contribution >= 4 is 5.91 Å². The minimum absolute atomic E-state index is 0.0279. The van der Waals surface area contributed by atoms with Gasteiger partial charge in [-0.15, -0.1) is 0 Å². The van der Waals surface area contributed by atoms with E-state index in [1.54, 1.807) is 6.26 Å². The molecule has 0 bridgehead atoms. The maximum Gasteiger partial charge on any atom is 0.224 e. The van der Waals surface area contributed by atoms with Crippen LogP contribution in [0.25, 0.3) is 0 Å². The standard InChI is InChI=1S/C14H19NO3/c16-9-14(5-1-2-6-14)15-13(17)11-8-10(11)12-4-3-7-18-12/h3-4,7,10-11,16H,1-2,5-6,8-9H2,(H,15,17). The van der Waals surface area contributed by atoms with Crippen LogP contribution >= 0.6 is 0 Å². The third-order valence-electron chi connectivity index (χ3n) is 4.29. The summed E-state index contributed by atoms with van der Waals surface area (Å²) in [6.45, 7) is 0.0525. The lowest BCUT2D eigenvalue weighted by molar-refractivity contribution is -0.125. The predicted octanol–water partition coefficient (Wildman–Crippen LogP) is 1.80. The summed E-state index contributed by atoms with van der Waals surface area (Å²) in [5.41, 5.74) is -0.354. The highest BCUT2D eigenvalue weighted by atomic mass is 16.3. The van der Waals surface area contributed by atoms with Gasteiger partial charge in [0.25, 0.3) is 0 Å². The monoisotopic (exact) mass is 249 g/mol. The summed E-state index contributed by atoms with van der Waals surface area (Å²) in [4.78, 5) is 12.2. The molecular formula is C14H19NO3. The van der Waals surface area contributed by atoms with E-state index in [1.807, 2.05) is 12.1 Å². The molecule has 2 unspecified atom stereocenters. The fourth-order valence-electron chi connectivity index (χ4n) is 3.03. The number of aliphatic hydroxyl groups is 1. The molecule has 2 N–H and O–H groups in total. The quantitative estimate of drug-likeness (QED) is 0.855. The second-order valence-corrected chi connectivity index (χ2v) is 5.60. The summed E-state index contributed by atoms with van der Waals surface area (Å²) < 4.78 is 5.33.